The molecular formula is C40H52F2N6OSi. The molecule has 2 aliphatic rings. The first-order chi connectivity index (χ1) is 23.8. The Hall–Kier alpha value is -3.65. The van der Waals surface area contributed by atoms with E-state index in [1.807, 2.05) is 19.2 Å². The van der Waals surface area contributed by atoms with Crippen molar-refractivity contribution < 1.29 is 13.5 Å². The van der Waals surface area contributed by atoms with E-state index < -0.39 is 19.7 Å². The Labute approximate surface area is 297 Å². The summed E-state index contributed by atoms with van der Waals surface area (Å²) in [5.74, 6) is 2.92. The van der Waals surface area contributed by atoms with Crippen LogP contribution in [0.5, 0.6) is 6.01 Å². The molecule has 0 amide bonds. The molecule has 1 N–H and O–H groups in total. The van der Waals surface area contributed by atoms with Gasteiger partial charge in [-0.2, -0.15) is 9.97 Å². The van der Waals surface area contributed by atoms with E-state index in [4.69, 9.17) is 14.7 Å². The Bertz CT molecular complexity index is 1920. The quantitative estimate of drug-likeness (QED) is 0.139. The number of hydrogen-bond acceptors (Lipinski definition) is 7. The van der Waals surface area contributed by atoms with Gasteiger partial charge in [0.1, 0.15) is 37.5 Å². The Morgan fingerprint density at radius 3 is 2.42 bits per heavy atom. The molecule has 7 nitrogen and oxygen atoms in total. The Kier molecular flexibility index (Phi) is 10.5. The van der Waals surface area contributed by atoms with Crippen molar-refractivity contribution in [1.29, 1.82) is 0 Å². The van der Waals surface area contributed by atoms with Crippen LogP contribution in [-0.4, -0.2) is 79.8 Å². The van der Waals surface area contributed by atoms with Crippen molar-refractivity contribution in [1.82, 2.24) is 25.2 Å². The van der Waals surface area contributed by atoms with Crippen LogP contribution in [0.4, 0.5) is 14.6 Å². The molecule has 266 valence electrons. The van der Waals surface area contributed by atoms with Gasteiger partial charge in [-0.05, 0) is 74.4 Å². The second-order valence-electron chi connectivity index (χ2n) is 15.3. The number of nitrogens with one attached hydrogen (secondary N) is 1. The van der Waals surface area contributed by atoms with Gasteiger partial charge in [0, 0.05) is 42.3 Å². The predicted octanol–water partition coefficient (Wildman–Crippen LogP) is 8.35. The largest absolute Gasteiger partial charge is 0.462 e. The van der Waals surface area contributed by atoms with E-state index in [2.05, 4.69) is 87.1 Å². The van der Waals surface area contributed by atoms with Crippen LogP contribution in [0.1, 0.15) is 73.3 Å². The predicted molar refractivity (Wildman–Crippen MR) is 204 cm³/mol. The van der Waals surface area contributed by atoms with Gasteiger partial charge in [0.15, 0.2) is 5.82 Å². The van der Waals surface area contributed by atoms with Crippen LogP contribution in [0.15, 0.2) is 36.5 Å². The molecule has 2 fully saturated rings. The van der Waals surface area contributed by atoms with Gasteiger partial charge in [-0.25, -0.2) is 8.78 Å². The van der Waals surface area contributed by atoms with Crippen LogP contribution < -0.4 is 15.0 Å². The fourth-order valence-electron chi connectivity index (χ4n) is 8.71. The molecule has 4 aromatic rings. The molecule has 0 unspecified atom stereocenters. The lowest BCUT2D eigenvalue weighted by molar-refractivity contribution is 0.188. The van der Waals surface area contributed by atoms with Gasteiger partial charge >= 0.3 is 6.01 Å². The van der Waals surface area contributed by atoms with Crippen molar-refractivity contribution >= 4 is 35.6 Å². The molecule has 2 saturated heterocycles. The van der Waals surface area contributed by atoms with Gasteiger partial charge in [0.25, 0.3) is 0 Å². The lowest BCUT2D eigenvalue weighted by Gasteiger charge is -2.38. The second kappa shape index (κ2) is 14.5. The van der Waals surface area contributed by atoms with Gasteiger partial charge in [0.2, 0.25) is 0 Å². The molecule has 0 saturated carbocycles. The summed E-state index contributed by atoms with van der Waals surface area (Å²) < 4.78 is 39.2. The number of nitrogens with zero attached hydrogens (tertiary/aromatic N) is 5. The summed E-state index contributed by atoms with van der Waals surface area (Å²) in [6.45, 7) is 17.9. The number of anilines is 1. The average Bonchev–Trinajstić information content (AvgIpc) is 3.70. The monoisotopic (exact) mass is 698 g/mol. The normalized spacial score (nSPS) is 20.0. The first-order valence-corrected chi connectivity index (χ1v) is 20.5. The molecule has 2 aromatic carbocycles. The number of rotatable bonds is 9. The maximum Gasteiger partial charge on any atom is 0.319 e. The molecule has 3 atom stereocenters. The number of hydrogen-bond donors (Lipinski definition) is 1. The number of fused-ring (bicyclic) bond motifs is 2. The van der Waals surface area contributed by atoms with E-state index in [1.165, 1.54) is 6.07 Å². The van der Waals surface area contributed by atoms with Crippen molar-refractivity contribution in [2.45, 2.75) is 102 Å². The number of ether oxygens (including phenoxy) is 1. The van der Waals surface area contributed by atoms with E-state index in [9.17, 15) is 0 Å². The van der Waals surface area contributed by atoms with Crippen LogP contribution in [-0.2, 0) is 0 Å². The van der Waals surface area contributed by atoms with Gasteiger partial charge in [0.05, 0.1) is 10.9 Å². The van der Waals surface area contributed by atoms with Gasteiger partial charge in [-0.3, -0.25) is 4.98 Å². The van der Waals surface area contributed by atoms with Gasteiger partial charge in [-0.1, -0.05) is 71.7 Å². The van der Waals surface area contributed by atoms with E-state index in [0.29, 0.717) is 45.4 Å². The fourth-order valence-corrected chi connectivity index (χ4v) is 13.9. The highest BCUT2D eigenvalue weighted by molar-refractivity contribution is 6.90. The molecule has 10 heteroatoms. The van der Waals surface area contributed by atoms with E-state index >= 15 is 8.78 Å². The van der Waals surface area contributed by atoms with E-state index in [1.54, 1.807) is 18.3 Å². The SMILES string of the molecule is CC(C)[Si](C#Cc1c(F)ccc2cccc(-c3ncc4c(N(C)[C@@H]5CCN[C@@H]5C)nc(OC[C@@H]5CCCN5C)nc4c3F)c12)(C(C)C)C(C)C. The molecule has 2 aromatic heterocycles. The maximum absolute atomic E-state index is 17.1. The summed E-state index contributed by atoms with van der Waals surface area (Å²) in [7, 11) is 1.90. The molecular weight excluding hydrogens is 647 g/mol. The third-order valence-electron chi connectivity index (χ3n) is 11.6. The van der Waals surface area contributed by atoms with Crippen LogP contribution in [0.2, 0.25) is 16.6 Å². The zero-order chi connectivity index (χ0) is 35.9. The topological polar surface area (TPSA) is 66.4 Å². The molecule has 2 aliphatic heterocycles. The molecule has 4 heterocycles. The van der Waals surface area contributed by atoms with E-state index in [0.717, 1.165) is 37.7 Å². The number of likely N-dealkylation sites (tertiary alicyclic amines) is 1. The minimum Gasteiger partial charge on any atom is -0.462 e. The van der Waals surface area contributed by atoms with Crippen molar-refractivity contribution in [2.75, 3.05) is 38.7 Å². The lowest BCUT2D eigenvalue weighted by atomic mass is 9.96. The summed E-state index contributed by atoms with van der Waals surface area (Å²) >= 11 is 0. The number of aromatic nitrogens is 3. The average molecular weight is 699 g/mol. The van der Waals surface area contributed by atoms with Crippen molar-refractivity contribution in [3.8, 4) is 28.7 Å². The highest BCUT2D eigenvalue weighted by atomic mass is 28.3. The lowest BCUT2D eigenvalue weighted by Crippen LogP contribution is -2.43. The van der Waals surface area contributed by atoms with Crippen LogP contribution in [0.25, 0.3) is 32.9 Å². The number of likely N-dealkylation sites (N-methyl/N-ethyl adjacent to an activating group) is 2. The summed E-state index contributed by atoms with van der Waals surface area (Å²) in [6.07, 6.45) is 4.72. The Balaban J connectivity index is 1.53. The first kappa shape index (κ1) is 36.1. The van der Waals surface area contributed by atoms with Crippen LogP contribution >= 0.6 is 0 Å². The summed E-state index contributed by atoms with van der Waals surface area (Å²) in [4.78, 5) is 18.6. The summed E-state index contributed by atoms with van der Waals surface area (Å²) in [5, 5.41) is 5.34. The maximum atomic E-state index is 17.1. The van der Waals surface area contributed by atoms with Crippen LogP contribution in [0.3, 0.4) is 0 Å². The molecule has 6 rings (SSSR count). The molecule has 0 radical (unpaired) electrons. The van der Waals surface area contributed by atoms with Crippen molar-refractivity contribution in [3.05, 3.63) is 53.7 Å². The first-order valence-electron chi connectivity index (χ1n) is 18.2. The zero-order valence-corrected chi connectivity index (χ0v) is 32.1. The highest BCUT2D eigenvalue weighted by Crippen LogP contribution is 2.42. The zero-order valence-electron chi connectivity index (χ0n) is 31.1. The fraction of sp³-hybridized carbons (Fsp3) is 0.525. The molecule has 50 heavy (non-hydrogen) atoms. The summed E-state index contributed by atoms with van der Waals surface area (Å²) in [6, 6.07) is 9.54. The summed E-state index contributed by atoms with van der Waals surface area (Å²) in [5.41, 5.74) is 5.83. The van der Waals surface area contributed by atoms with Crippen molar-refractivity contribution in [2.24, 2.45) is 0 Å². The second-order valence-corrected chi connectivity index (χ2v) is 20.9. The third kappa shape index (κ3) is 6.49. The van der Waals surface area contributed by atoms with Gasteiger partial charge in [-0.15, -0.1) is 5.54 Å². The minimum absolute atomic E-state index is 0.0986. The van der Waals surface area contributed by atoms with Gasteiger partial charge < -0.3 is 19.9 Å². The minimum atomic E-state index is -2.19. The third-order valence-corrected chi connectivity index (χ3v) is 17.8. The number of halogens is 2. The van der Waals surface area contributed by atoms with E-state index in [-0.39, 0.29) is 40.9 Å². The number of benzene rings is 2. The smallest absolute Gasteiger partial charge is 0.319 e. The Morgan fingerprint density at radius 2 is 1.78 bits per heavy atom. The Morgan fingerprint density at radius 1 is 1.04 bits per heavy atom. The van der Waals surface area contributed by atoms with Crippen molar-refractivity contribution in [3.63, 3.8) is 0 Å². The molecule has 0 aliphatic carbocycles. The highest BCUT2D eigenvalue weighted by Gasteiger charge is 2.42. The molecule has 0 bridgehead atoms. The number of pyridine rings is 1. The standard InChI is InChI=1S/C40H52F2N6OSi/c1-24(2)50(25(3)4,26(5)6)21-18-30-33(41)16-15-28-12-10-14-31(35(28)30)37-36(42)38-32(22-44-37)39(48(9)34-17-19-43-27(34)7)46-40(45-38)49-23-29-13-11-20-47(29)8/h10,12,14-16,22,24-27,29,34,43H,11,13,17,19-20,23H2,1-9H3/t27-,29+,34-/m1/s1. The van der Waals surface area contributed by atoms with Crippen LogP contribution in [0, 0.1) is 23.1 Å². The molecule has 0 spiro atoms.